The minimum Gasteiger partial charge on any atom is -0.488 e. The van der Waals surface area contributed by atoms with E-state index in [4.69, 9.17) is 9.47 Å². The maximum atomic E-state index is 12.1. The molecule has 2 aromatic carbocycles. The van der Waals surface area contributed by atoms with Crippen LogP contribution < -0.4 is 10.1 Å². The van der Waals surface area contributed by atoms with Crippen molar-refractivity contribution in [2.24, 2.45) is 0 Å². The van der Waals surface area contributed by atoms with Crippen LogP contribution in [0.4, 0.5) is 4.79 Å². The number of nitrogens with zero attached hydrogens (tertiary/aromatic N) is 1. The molecule has 162 valence electrons. The maximum absolute atomic E-state index is 12.1. The Balaban J connectivity index is 1.62. The summed E-state index contributed by atoms with van der Waals surface area (Å²) < 4.78 is 12.7. The summed E-state index contributed by atoms with van der Waals surface area (Å²) in [5.41, 5.74) is 2.92. The molecule has 1 atom stereocenters. The zero-order valence-electron chi connectivity index (χ0n) is 18.2. The monoisotopic (exact) mass is 474 g/mol. The molecule has 5 nitrogen and oxygen atoms in total. The molecule has 0 bridgehead atoms. The van der Waals surface area contributed by atoms with Crippen LogP contribution in [0.25, 0.3) is 0 Å². The van der Waals surface area contributed by atoms with E-state index < -0.39 is 5.60 Å². The molecule has 1 fully saturated rings. The third-order valence-electron chi connectivity index (χ3n) is 4.93. The van der Waals surface area contributed by atoms with E-state index in [9.17, 15) is 4.79 Å². The van der Waals surface area contributed by atoms with E-state index in [1.54, 1.807) is 0 Å². The van der Waals surface area contributed by atoms with E-state index in [1.807, 2.05) is 39.0 Å². The van der Waals surface area contributed by atoms with Gasteiger partial charge in [0.2, 0.25) is 0 Å². The number of amides is 1. The number of hydrogen-bond donors (Lipinski definition) is 1. The first-order chi connectivity index (χ1) is 14.2. The van der Waals surface area contributed by atoms with Crippen LogP contribution in [-0.4, -0.2) is 35.7 Å². The highest BCUT2D eigenvalue weighted by Crippen LogP contribution is 2.31. The van der Waals surface area contributed by atoms with E-state index in [0.717, 1.165) is 53.0 Å². The maximum Gasteiger partial charge on any atom is 0.407 e. The minimum atomic E-state index is -0.485. The van der Waals surface area contributed by atoms with Crippen LogP contribution >= 0.6 is 15.9 Å². The number of alkyl carbamates (subject to hydrolysis) is 1. The standard InChI is InChI=1S/C24H31BrN2O3/c1-17-12-20(25)13-19(22(17)29-16-18-8-6-5-7-9-18)14-27-11-10-21(15-27)26-23(28)30-24(2,3)4/h5-9,12-13,21H,10-11,14-16H2,1-4H3,(H,26,28)/t21-/m0/s1. The molecule has 1 heterocycles. The molecular weight excluding hydrogens is 444 g/mol. The molecule has 2 aromatic rings. The summed E-state index contributed by atoms with van der Waals surface area (Å²) in [5.74, 6) is 0.936. The molecule has 1 saturated heterocycles. The SMILES string of the molecule is Cc1cc(Br)cc(CN2CC[C@H](NC(=O)OC(C)(C)C)C2)c1OCc1ccccc1. The number of halogens is 1. The van der Waals surface area contributed by atoms with E-state index in [0.29, 0.717) is 6.61 Å². The molecule has 0 unspecified atom stereocenters. The molecule has 1 aliphatic heterocycles. The number of likely N-dealkylation sites (tertiary alicyclic amines) is 1. The number of benzene rings is 2. The van der Waals surface area contributed by atoms with Crippen LogP contribution in [0.5, 0.6) is 5.75 Å². The lowest BCUT2D eigenvalue weighted by Crippen LogP contribution is -2.40. The number of ether oxygens (including phenoxy) is 2. The normalized spacial score (nSPS) is 17.0. The average molecular weight is 475 g/mol. The van der Waals surface area contributed by atoms with Gasteiger partial charge in [-0.25, -0.2) is 4.79 Å². The van der Waals surface area contributed by atoms with Gasteiger partial charge >= 0.3 is 6.09 Å². The molecule has 30 heavy (non-hydrogen) atoms. The molecule has 0 aromatic heterocycles. The van der Waals surface area contributed by atoms with Crippen molar-refractivity contribution in [3.8, 4) is 5.75 Å². The van der Waals surface area contributed by atoms with E-state index >= 15 is 0 Å². The second-order valence-electron chi connectivity index (χ2n) is 8.85. The van der Waals surface area contributed by atoms with Gasteiger partial charge in [0.15, 0.2) is 0 Å². The topological polar surface area (TPSA) is 50.8 Å². The van der Waals surface area contributed by atoms with Crippen LogP contribution in [0.1, 0.15) is 43.9 Å². The Bertz CT molecular complexity index is 865. The van der Waals surface area contributed by atoms with Crippen LogP contribution in [0.15, 0.2) is 46.9 Å². The summed E-state index contributed by atoms with van der Waals surface area (Å²) in [6.45, 7) is 10.7. The lowest BCUT2D eigenvalue weighted by molar-refractivity contribution is 0.0505. The van der Waals surface area contributed by atoms with Gasteiger partial charge in [-0.1, -0.05) is 46.3 Å². The molecule has 1 N–H and O–H groups in total. The second kappa shape index (κ2) is 9.84. The third-order valence-corrected chi connectivity index (χ3v) is 5.39. The van der Waals surface area contributed by atoms with Crippen molar-refractivity contribution >= 4 is 22.0 Å². The molecule has 0 saturated carbocycles. The van der Waals surface area contributed by atoms with Gasteiger partial charge in [0.05, 0.1) is 0 Å². The van der Waals surface area contributed by atoms with Crippen molar-refractivity contribution in [3.63, 3.8) is 0 Å². The third kappa shape index (κ3) is 6.74. The van der Waals surface area contributed by atoms with E-state index in [-0.39, 0.29) is 12.1 Å². The molecule has 0 aliphatic carbocycles. The van der Waals surface area contributed by atoms with Gasteiger partial charge in [-0.15, -0.1) is 0 Å². The summed E-state index contributed by atoms with van der Waals surface area (Å²) in [5, 5.41) is 2.99. The number of carbonyl (C=O) groups is 1. The first-order valence-electron chi connectivity index (χ1n) is 10.4. The fourth-order valence-electron chi connectivity index (χ4n) is 3.66. The molecule has 1 aliphatic rings. The van der Waals surface area contributed by atoms with Gasteiger partial charge in [-0.3, -0.25) is 4.90 Å². The highest BCUT2D eigenvalue weighted by Gasteiger charge is 2.27. The highest BCUT2D eigenvalue weighted by atomic mass is 79.9. The number of rotatable bonds is 6. The fourth-order valence-corrected chi connectivity index (χ4v) is 4.28. The number of hydrogen-bond acceptors (Lipinski definition) is 4. The summed E-state index contributed by atoms with van der Waals surface area (Å²) >= 11 is 3.62. The number of aryl methyl sites for hydroxylation is 1. The summed E-state index contributed by atoms with van der Waals surface area (Å²) in [6, 6.07) is 14.5. The largest absolute Gasteiger partial charge is 0.488 e. The molecule has 6 heteroatoms. The Hall–Kier alpha value is -2.05. The summed E-state index contributed by atoms with van der Waals surface area (Å²) in [4.78, 5) is 14.4. The van der Waals surface area contributed by atoms with Crippen molar-refractivity contribution < 1.29 is 14.3 Å². The number of carbonyl (C=O) groups excluding carboxylic acids is 1. The first kappa shape index (κ1) is 22.6. The predicted octanol–water partition coefficient (Wildman–Crippen LogP) is 5.44. The zero-order valence-corrected chi connectivity index (χ0v) is 19.8. The first-order valence-corrected chi connectivity index (χ1v) is 11.2. The molecule has 0 radical (unpaired) electrons. The lowest BCUT2D eigenvalue weighted by Gasteiger charge is -2.22. The van der Waals surface area contributed by atoms with Crippen LogP contribution in [0, 0.1) is 6.92 Å². The summed E-state index contributed by atoms with van der Waals surface area (Å²) in [6.07, 6.45) is 0.562. The lowest BCUT2D eigenvalue weighted by atomic mass is 10.1. The minimum absolute atomic E-state index is 0.0989. The van der Waals surface area contributed by atoms with Gasteiger partial charge in [0.1, 0.15) is 18.0 Å². The van der Waals surface area contributed by atoms with Crippen molar-refractivity contribution in [1.29, 1.82) is 0 Å². The smallest absolute Gasteiger partial charge is 0.407 e. The van der Waals surface area contributed by atoms with Crippen LogP contribution in [0.3, 0.4) is 0 Å². The zero-order chi connectivity index (χ0) is 21.7. The number of nitrogens with one attached hydrogen (secondary N) is 1. The average Bonchev–Trinajstić information content (AvgIpc) is 3.06. The van der Waals surface area contributed by atoms with Gasteiger partial charge in [-0.05, 0) is 57.4 Å². The highest BCUT2D eigenvalue weighted by molar-refractivity contribution is 9.10. The van der Waals surface area contributed by atoms with Crippen LogP contribution in [-0.2, 0) is 17.9 Å². The van der Waals surface area contributed by atoms with Gasteiger partial charge < -0.3 is 14.8 Å². The molecular formula is C24H31BrN2O3. The van der Waals surface area contributed by atoms with Gasteiger partial charge in [0, 0.05) is 35.7 Å². The molecule has 0 spiro atoms. The van der Waals surface area contributed by atoms with Gasteiger partial charge in [-0.2, -0.15) is 0 Å². The summed E-state index contributed by atoms with van der Waals surface area (Å²) in [7, 11) is 0. The Labute approximate surface area is 187 Å². The molecule has 1 amide bonds. The molecule has 3 rings (SSSR count). The Morgan fingerprint density at radius 1 is 1.23 bits per heavy atom. The Kier molecular flexibility index (Phi) is 7.42. The Morgan fingerprint density at radius 2 is 1.97 bits per heavy atom. The van der Waals surface area contributed by atoms with Gasteiger partial charge in [0.25, 0.3) is 0 Å². The van der Waals surface area contributed by atoms with E-state index in [2.05, 4.69) is 57.3 Å². The van der Waals surface area contributed by atoms with Crippen molar-refractivity contribution in [2.45, 2.75) is 58.9 Å². The quantitative estimate of drug-likeness (QED) is 0.605. The second-order valence-corrected chi connectivity index (χ2v) is 9.77. The van der Waals surface area contributed by atoms with Crippen molar-refractivity contribution in [1.82, 2.24) is 10.2 Å². The van der Waals surface area contributed by atoms with Crippen molar-refractivity contribution in [2.75, 3.05) is 13.1 Å². The van der Waals surface area contributed by atoms with Crippen molar-refractivity contribution in [3.05, 3.63) is 63.6 Å². The fraction of sp³-hybridized carbons (Fsp3) is 0.458. The Morgan fingerprint density at radius 3 is 2.67 bits per heavy atom. The van der Waals surface area contributed by atoms with E-state index in [1.165, 1.54) is 0 Å². The van der Waals surface area contributed by atoms with Crippen LogP contribution in [0.2, 0.25) is 0 Å². The predicted molar refractivity (Wildman–Crippen MR) is 123 cm³/mol.